The van der Waals surface area contributed by atoms with Crippen LogP contribution >= 0.6 is 0 Å². The maximum Gasteiger partial charge on any atom is 0.115 e. The predicted molar refractivity (Wildman–Crippen MR) is 57.2 cm³/mol. The molecule has 0 heterocycles. The number of phenolic OH excluding ortho intramolecular Hbond substituents is 1. The first-order chi connectivity index (χ1) is 6.57. The van der Waals surface area contributed by atoms with Crippen LogP contribution < -0.4 is 5.73 Å². The van der Waals surface area contributed by atoms with Gasteiger partial charge in [-0.3, -0.25) is 0 Å². The predicted octanol–water partition coefficient (Wildman–Crippen LogP) is 2.02. The van der Waals surface area contributed by atoms with Gasteiger partial charge in [0.1, 0.15) is 5.75 Å². The van der Waals surface area contributed by atoms with Gasteiger partial charge in [-0.15, -0.1) is 0 Å². The summed E-state index contributed by atoms with van der Waals surface area (Å²) in [5.74, 6) is 0.862. The van der Waals surface area contributed by atoms with Gasteiger partial charge in [0, 0.05) is 11.5 Å². The molecule has 1 aromatic rings. The number of aromatic hydroxyl groups is 1. The third-order valence-corrected chi connectivity index (χ3v) is 3.47. The molecule has 1 fully saturated rings. The molecule has 76 valence electrons. The van der Waals surface area contributed by atoms with Crippen LogP contribution in [0.5, 0.6) is 5.75 Å². The van der Waals surface area contributed by atoms with Crippen LogP contribution in [-0.2, 0) is 5.41 Å². The van der Waals surface area contributed by atoms with Gasteiger partial charge in [-0.2, -0.15) is 0 Å². The first-order valence-corrected chi connectivity index (χ1v) is 5.12. The monoisotopic (exact) mass is 191 g/mol. The molecule has 0 saturated heterocycles. The Kier molecular flexibility index (Phi) is 2.04. The van der Waals surface area contributed by atoms with Gasteiger partial charge >= 0.3 is 0 Å². The first-order valence-electron chi connectivity index (χ1n) is 5.12. The van der Waals surface area contributed by atoms with Crippen molar-refractivity contribution >= 4 is 0 Å². The van der Waals surface area contributed by atoms with Crippen LogP contribution in [0.2, 0.25) is 0 Å². The SMILES string of the molecule is CC(C)C1(c2cccc(O)c2)C[C@H]1N. The summed E-state index contributed by atoms with van der Waals surface area (Å²) in [5.41, 5.74) is 7.29. The van der Waals surface area contributed by atoms with Crippen LogP contribution in [-0.4, -0.2) is 11.1 Å². The maximum absolute atomic E-state index is 9.43. The fourth-order valence-corrected chi connectivity index (χ4v) is 2.43. The fourth-order valence-electron chi connectivity index (χ4n) is 2.43. The van der Waals surface area contributed by atoms with Crippen LogP contribution in [0.25, 0.3) is 0 Å². The lowest BCUT2D eigenvalue weighted by atomic mass is 9.84. The van der Waals surface area contributed by atoms with E-state index in [2.05, 4.69) is 19.9 Å². The Morgan fingerprint density at radius 1 is 1.50 bits per heavy atom. The highest BCUT2D eigenvalue weighted by Crippen LogP contribution is 2.52. The van der Waals surface area contributed by atoms with Gasteiger partial charge in [0.05, 0.1) is 0 Å². The Morgan fingerprint density at radius 3 is 2.57 bits per heavy atom. The Bertz CT molecular complexity index is 348. The minimum Gasteiger partial charge on any atom is -0.508 e. The maximum atomic E-state index is 9.43. The van der Waals surface area contributed by atoms with E-state index in [9.17, 15) is 5.11 Å². The number of phenols is 1. The van der Waals surface area contributed by atoms with Crippen LogP contribution in [0.4, 0.5) is 0 Å². The standard InChI is InChI=1S/C12H17NO/c1-8(2)12(7-11(12)13)9-4-3-5-10(14)6-9/h3-6,8,11,14H,7,13H2,1-2H3/t11-,12?/m1/s1. The molecule has 2 atom stereocenters. The summed E-state index contributed by atoms with van der Waals surface area (Å²) in [6.07, 6.45) is 1.04. The Labute approximate surface area is 84.7 Å². The summed E-state index contributed by atoms with van der Waals surface area (Å²) in [6, 6.07) is 7.74. The van der Waals surface area contributed by atoms with E-state index in [1.165, 1.54) is 5.56 Å². The molecule has 2 rings (SSSR count). The Hall–Kier alpha value is -1.02. The highest BCUT2D eigenvalue weighted by Gasteiger charge is 2.55. The van der Waals surface area contributed by atoms with Gasteiger partial charge in [-0.1, -0.05) is 26.0 Å². The van der Waals surface area contributed by atoms with Crippen molar-refractivity contribution in [1.29, 1.82) is 0 Å². The molecule has 0 amide bonds. The van der Waals surface area contributed by atoms with Crippen molar-refractivity contribution in [3.05, 3.63) is 29.8 Å². The second kappa shape index (κ2) is 2.99. The molecular formula is C12H17NO. The van der Waals surface area contributed by atoms with Crippen LogP contribution in [0.1, 0.15) is 25.8 Å². The summed E-state index contributed by atoms with van der Waals surface area (Å²) in [4.78, 5) is 0. The molecule has 0 spiro atoms. The number of nitrogens with two attached hydrogens (primary N) is 1. The zero-order valence-corrected chi connectivity index (χ0v) is 8.70. The molecule has 0 bridgehead atoms. The minimum absolute atomic E-state index is 0.110. The second-order valence-electron chi connectivity index (χ2n) is 4.56. The smallest absolute Gasteiger partial charge is 0.115 e. The van der Waals surface area contributed by atoms with E-state index in [-0.39, 0.29) is 11.5 Å². The molecule has 1 saturated carbocycles. The molecule has 14 heavy (non-hydrogen) atoms. The summed E-state index contributed by atoms with van der Waals surface area (Å²) in [7, 11) is 0. The summed E-state index contributed by atoms with van der Waals surface area (Å²) in [6.45, 7) is 4.38. The quantitative estimate of drug-likeness (QED) is 0.751. The zero-order chi connectivity index (χ0) is 10.3. The summed E-state index contributed by atoms with van der Waals surface area (Å²) >= 11 is 0. The number of rotatable bonds is 2. The second-order valence-corrected chi connectivity index (χ2v) is 4.56. The normalized spacial score (nSPS) is 30.7. The van der Waals surface area contributed by atoms with Crippen LogP contribution in [0.15, 0.2) is 24.3 Å². The Morgan fingerprint density at radius 2 is 2.14 bits per heavy atom. The van der Waals surface area contributed by atoms with E-state index in [1.807, 2.05) is 12.1 Å². The molecule has 0 aromatic heterocycles. The van der Waals surface area contributed by atoms with Gasteiger partial charge in [0.25, 0.3) is 0 Å². The molecular weight excluding hydrogens is 174 g/mol. The molecule has 3 N–H and O–H groups in total. The van der Waals surface area contributed by atoms with Gasteiger partial charge in [-0.05, 0) is 30.0 Å². The van der Waals surface area contributed by atoms with Crippen molar-refractivity contribution in [2.24, 2.45) is 11.7 Å². The van der Waals surface area contributed by atoms with E-state index < -0.39 is 0 Å². The molecule has 1 aliphatic rings. The van der Waals surface area contributed by atoms with Crippen LogP contribution in [0.3, 0.4) is 0 Å². The van der Waals surface area contributed by atoms with E-state index in [1.54, 1.807) is 6.07 Å². The van der Waals surface area contributed by atoms with Crippen molar-refractivity contribution < 1.29 is 5.11 Å². The zero-order valence-electron chi connectivity index (χ0n) is 8.70. The number of hydrogen-bond acceptors (Lipinski definition) is 2. The lowest BCUT2D eigenvalue weighted by Gasteiger charge is -2.21. The summed E-state index contributed by atoms with van der Waals surface area (Å²) < 4.78 is 0. The third-order valence-electron chi connectivity index (χ3n) is 3.47. The molecule has 1 aliphatic carbocycles. The molecule has 2 nitrogen and oxygen atoms in total. The lowest BCUT2D eigenvalue weighted by molar-refractivity contribution is 0.452. The largest absolute Gasteiger partial charge is 0.508 e. The van der Waals surface area contributed by atoms with Gasteiger partial charge in [-0.25, -0.2) is 0 Å². The van der Waals surface area contributed by atoms with Crippen molar-refractivity contribution in [2.45, 2.75) is 31.7 Å². The van der Waals surface area contributed by atoms with E-state index in [0.717, 1.165) is 6.42 Å². The van der Waals surface area contributed by atoms with E-state index >= 15 is 0 Å². The molecule has 1 aromatic carbocycles. The van der Waals surface area contributed by atoms with Gasteiger partial charge in [0.15, 0.2) is 0 Å². The number of hydrogen-bond donors (Lipinski definition) is 2. The first kappa shape index (κ1) is 9.53. The van der Waals surface area contributed by atoms with Crippen molar-refractivity contribution in [3.63, 3.8) is 0 Å². The topological polar surface area (TPSA) is 46.2 Å². The van der Waals surface area contributed by atoms with Crippen LogP contribution in [0, 0.1) is 5.92 Å². The van der Waals surface area contributed by atoms with Crippen molar-refractivity contribution in [3.8, 4) is 5.75 Å². The Balaban J connectivity index is 2.39. The molecule has 0 aliphatic heterocycles. The lowest BCUT2D eigenvalue weighted by Crippen LogP contribution is -2.24. The fraction of sp³-hybridized carbons (Fsp3) is 0.500. The average molecular weight is 191 g/mol. The molecule has 1 unspecified atom stereocenters. The minimum atomic E-state index is 0.110. The van der Waals surface area contributed by atoms with Gasteiger partial charge < -0.3 is 10.8 Å². The van der Waals surface area contributed by atoms with E-state index in [0.29, 0.717) is 11.7 Å². The highest BCUT2D eigenvalue weighted by atomic mass is 16.3. The molecule has 2 heteroatoms. The van der Waals surface area contributed by atoms with Crippen molar-refractivity contribution in [2.75, 3.05) is 0 Å². The highest BCUT2D eigenvalue weighted by molar-refractivity contribution is 5.40. The molecule has 0 radical (unpaired) electrons. The van der Waals surface area contributed by atoms with Crippen molar-refractivity contribution in [1.82, 2.24) is 0 Å². The summed E-state index contributed by atoms with van der Waals surface area (Å²) in [5, 5.41) is 9.43. The third kappa shape index (κ3) is 1.22. The number of benzene rings is 1. The van der Waals surface area contributed by atoms with Gasteiger partial charge in [0.2, 0.25) is 0 Å². The average Bonchev–Trinajstić information content (AvgIpc) is 2.79. The van der Waals surface area contributed by atoms with E-state index in [4.69, 9.17) is 5.73 Å².